The van der Waals surface area contributed by atoms with Crippen LogP contribution in [0.4, 0.5) is 0 Å². The number of nitrogens with two attached hydrogens (primary N) is 1. The molecule has 0 fully saturated rings. The standard InChI is InChI=1S/C3H9N.H2/c1-3(2)4;/h3H,4H2,1-2H3;1H/i;1+1. The predicted molar refractivity (Wildman–Crippen MR) is 21.4 cm³/mol. The molecule has 0 spiro atoms. The third kappa shape index (κ3) is 1130. The maximum absolute atomic E-state index is 5.11. The van der Waals surface area contributed by atoms with Crippen molar-refractivity contribution in [3.05, 3.63) is 0 Å². The summed E-state index contributed by atoms with van der Waals surface area (Å²) in [5, 5.41) is 0. The highest BCUT2D eigenvalue weighted by Gasteiger charge is 1.67. The Balaban J connectivity index is 0. The van der Waals surface area contributed by atoms with Crippen molar-refractivity contribution in [3.8, 4) is 0 Å². The van der Waals surface area contributed by atoms with E-state index in [0.29, 0.717) is 6.04 Å². The third-order valence-corrected chi connectivity index (χ3v) is 0. The normalized spacial score (nSPS) is 9.00. The van der Waals surface area contributed by atoms with Crippen molar-refractivity contribution in [1.82, 2.24) is 0 Å². The van der Waals surface area contributed by atoms with Crippen LogP contribution >= 0.6 is 0 Å². The second-order valence-corrected chi connectivity index (χ2v) is 1.24. The van der Waals surface area contributed by atoms with Crippen LogP contribution in [0.3, 0.4) is 0 Å². The Bertz CT molecular complexity index is 11.6. The van der Waals surface area contributed by atoms with Gasteiger partial charge < -0.3 is 5.73 Å². The van der Waals surface area contributed by atoms with Crippen molar-refractivity contribution in [2.24, 2.45) is 5.73 Å². The smallest absolute Gasteiger partial charge is 0 e. The first-order valence-corrected chi connectivity index (χ1v) is 1.49. The van der Waals surface area contributed by atoms with Crippen molar-refractivity contribution < 1.29 is 1.43 Å². The molecule has 0 bridgehead atoms. The molecule has 1 nitrogen and oxygen atoms in total. The molecule has 0 aromatic heterocycles. The van der Waals surface area contributed by atoms with Crippen LogP contribution in [0.15, 0.2) is 0 Å². The second-order valence-electron chi connectivity index (χ2n) is 1.24. The Labute approximate surface area is 28.3 Å². The van der Waals surface area contributed by atoms with E-state index in [-0.39, 0.29) is 1.43 Å². The Morgan fingerprint density at radius 2 is 1.75 bits per heavy atom. The highest BCUT2D eigenvalue weighted by Crippen LogP contribution is 1.58. The first kappa shape index (κ1) is 3.96. The van der Waals surface area contributed by atoms with Gasteiger partial charge in [-0.25, -0.2) is 0 Å². The molecule has 0 aliphatic rings. The Morgan fingerprint density at radius 1 is 1.75 bits per heavy atom. The van der Waals surface area contributed by atoms with Crippen molar-refractivity contribution >= 4 is 0 Å². The molecular weight excluding hydrogens is 50.0 g/mol. The quantitative estimate of drug-likeness (QED) is 0.437. The fourth-order valence-electron chi connectivity index (χ4n) is 0. The van der Waals surface area contributed by atoms with Crippen LogP contribution in [0.1, 0.15) is 15.3 Å². The Hall–Kier alpha value is -0.0400. The highest BCUT2D eigenvalue weighted by molar-refractivity contribution is 4.32. The highest BCUT2D eigenvalue weighted by atomic mass is 14.6. The molecule has 0 aromatic rings. The van der Waals surface area contributed by atoms with Gasteiger partial charge in [-0.2, -0.15) is 0 Å². The molecular formula is C3H11N. The van der Waals surface area contributed by atoms with Crippen LogP contribution in [0, 0.1) is 0 Å². The monoisotopic (exact) mass is 62.1 g/mol. The van der Waals surface area contributed by atoms with E-state index in [4.69, 9.17) is 5.73 Å². The molecule has 0 aromatic carbocycles. The SMILES string of the molecule is CC(C)N.[2HH]. The van der Waals surface area contributed by atoms with E-state index < -0.39 is 0 Å². The maximum atomic E-state index is 5.11. The molecule has 0 aliphatic carbocycles. The van der Waals surface area contributed by atoms with Gasteiger partial charge in [0.2, 0.25) is 0 Å². The molecule has 0 amide bonds. The fraction of sp³-hybridized carbons (Fsp3) is 1.00. The van der Waals surface area contributed by atoms with Crippen molar-refractivity contribution in [1.29, 1.82) is 0 Å². The lowest BCUT2D eigenvalue weighted by Crippen LogP contribution is -2.06. The summed E-state index contributed by atoms with van der Waals surface area (Å²) in [5.41, 5.74) is 5.11. The zero-order chi connectivity index (χ0) is 3.58. The van der Waals surface area contributed by atoms with Crippen LogP contribution in [-0.2, 0) is 0 Å². The van der Waals surface area contributed by atoms with E-state index >= 15 is 0 Å². The molecule has 28 valence electrons. The lowest BCUT2D eigenvalue weighted by molar-refractivity contribution is 0.834. The van der Waals surface area contributed by atoms with Gasteiger partial charge >= 0.3 is 0 Å². The molecule has 4 heavy (non-hydrogen) atoms. The minimum Gasteiger partial charge on any atom is -0.328 e. The zero-order valence-corrected chi connectivity index (χ0v) is 3.15. The summed E-state index contributed by atoms with van der Waals surface area (Å²) in [6.07, 6.45) is 0. The summed E-state index contributed by atoms with van der Waals surface area (Å²) < 4.78 is 0. The summed E-state index contributed by atoms with van der Waals surface area (Å²) in [4.78, 5) is 0. The Kier molecular flexibility index (Phi) is 1.28. The molecule has 1 heteroatoms. The third-order valence-electron chi connectivity index (χ3n) is 0. The fourth-order valence-corrected chi connectivity index (χ4v) is 0. The van der Waals surface area contributed by atoms with E-state index in [1.807, 2.05) is 13.8 Å². The lowest BCUT2D eigenvalue weighted by atomic mass is 10.5. The largest absolute Gasteiger partial charge is 0.328 e. The molecule has 0 saturated heterocycles. The molecule has 2 N–H and O–H groups in total. The van der Waals surface area contributed by atoms with Crippen molar-refractivity contribution in [3.63, 3.8) is 0 Å². The number of hydrogen-bond acceptors (Lipinski definition) is 1. The first-order chi connectivity index (χ1) is 1.73. The molecule has 0 heterocycles. The molecule has 0 atom stereocenters. The molecule has 0 radical (unpaired) electrons. The molecule has 0 rings (SSSR count). The van der Waals surface area contributed by atoms with Crippen LogP contribution in [0.2, 0.25) is 0 Å². The van der Waals surface area contributed by atoms with Gasteiger partial charge in [0.1, 0.15) is 0 Å². The Morgan fingerprint density at radius 3 is 1.75 bits per heavy atom. The van der Waals surface area contributed by atoms with Crippen LogP contribution in [-0.4, -0.2) is 6.04 Å². The van der Waals surface area contributed by atoms with Gasteiger partial charge in [0.15, 0.2) is 0 Å². The molecule has 0 aliphatic heterocycles. The zero-order valence-electron chi connectivity index (χ0n) is 3.15. The van der Waals surface area contributed by atoms with Crippen molar-refractivity contribution in [2.75, 3.05) is 0 Å². The average Bonchev–Trinajstić information content (AvgIpc) is 0.811. The van der Waals surface area contributed by atoms with Gasteiger partial charge in [-0.1, -0.05) is 13.8 Å². The maximum Gasteiger partial charge on any atom is 0 e. The van der Waals surface area contributed by atoms with Gasteiger partial charge in [-0.3, -0.25) is 0 Å². The van der Waals surface area contributed by atoms with E-state index in [0.717, 1.165) is 0 Å². The van der Waals surface area contributed by atoms with Crippen molar-refractivity contribution in [2.45, 2.75) is 19.9 Å². The number of rotatable bonds is 0. The summed E-state index contributed by atoms with van der Waals surface area (Å²) in [5.74, 6) is 0. The van der Waals surface area contributed by atoms with Crippen LogP contribution < -0.4 is 5.73 Å². The van der Waals surface area contributed by atoms with Gasteiger partial charge in [0.05, 0.1) is 0 Å². The summed E-state index contributed by atoms with van der Waals surface area (Å²) >= 11 is 0. The summed E-state index contributed by atoms with van der Waals surface area (Å²) in [6, 6.07) is 0.333. The lowest BCUT2D eigenvalue weighted by Gasteiger charge is -1.81. The summed E-state index contributed by atoms with van der Waals surface area (Å²) in [6.45, 7) is 3.89. The van der Waals surface area contributed by atoms with Crippen LogP contribution in [0.25, 0.3) is 0 Å². The van der Waals surface area contributed by atoms with Gasteiger partial charge in [0.25, 0.3) is 0 Å². The van der Waals surface area contributed by atoms with E-state index in [2.05, 4.69) is 0 Å². The number of hydrogen-bond donors (Lipinski definition) is 1. The van der Waals surface area contributed by atoms with E-state index in [1.54, 1.807) is 0 Å². The topological polar surface area (TPSA) is 26.0 Å². The summed E-state index contributed by atoms with van der Waals surface area (Å²) in [7, 11) is 0. The predicted octanol–water partition coefficient (Wildman–Crippen LogP) is 0.600. The minimum atomic E-state index is 0. The van der Waals surface area contributed by atoms with Gasteiger partial charge in [-0.15, -0.1) is 0 Å². The second kappa shape index (κ2) is 1.30. The van der Waals surface area contributed by atoms with Gasteiger partial charge in [-0.05, 0) is 6.04 Å². The molecule has 0 saturated carbocycles. The average molecular weight is 62.1 g/mol. The van der Waals surface area contributed by atoms with E-state index in [1.165, 1.54) is 0 Å². The first-order valence-electron chi connectivity index (χ1n) is 1.49. The van der Waals surface area contributed by atoms with E-state index in [9.17, 15) is 0 Å². The van der Waals surface area contributed by atoms with Crippen LogP contribution in [0.5, 0.6) is 0 Å². The minimum absolute atomic E-state index is 0. The van der Waals surface area contributed by atoms with Gasteiger partial charge in [0, 0.05) is 1.43 Å². The molecule has 0 unspecified atom stereocenters.